The largest absolute Gasteiger partial charge is 0.393 e. The van der Waals surface area contributed by atoms with Crippen LogP contribution >= 0.6 is 0 Å². The fourth-order valence-electron chi connectivity index (χ4n) is 11.3. The second kappa shape index (κ2) is 7.19. The van der Waals surface area contributed by atoms with Crippen LogP contribution in [0.4, 0.5) is 0 Å². The molecule has 2 spiro atoms. The summed E-state index contributed by atoms with van der Waals surface area (Å²) in [5.41, 5.74) is 2.03. The molecule has 5 fully saturated rings. The first-order chi connectivity index (χ1) is 15.3. The third kappa shape index (κ3) is 2.90. The minimum Gasteiger partial charge on any atom is -0.393 e. The number of ketones is 1. The topological polar surface area (TPSA) is 57.5 Å². The standard InChI is InChI=1S/C30H48O3/c1-18(2)14-20(31)15-19(3)25-21(32)16-28(7)23-9-8-22-26(4,5)24(33)10-11-29(22)17-30(23,29)13-12-27(25,28)6/h14,19-23,25,31-32H,8-13,15-17H2,1-7H3/t19-,20+,21+,22+,23+,25+,27-,28+,29-,30+/m1/s1. The summed E-state index contributed by atoms with van der Waals surface area (Å²) in [7, 11) is 0. The van der Waals surface area contributed by atoms with Crippen molar-refractivity contribution in [3.63, 3.8) is 0 Å². The van der Waals surface area contributed by atoms with Crippen LogP contribution in [0.25, 0.3) is 0 Å². The smallest absolute Gasteiger partial charge is 0.138 e. The minimum absolute atomic E-state index is 0.114. The summed E-state index contributed by atoms with van der Waals surface area (Å²) in [6.45, 7) is 15.8. The molecule has 5 rings (SSSR count). The van der Waals surface area contributed by atoms with E-state index in [1.54, 1.807) is 0 Å². The highest BCUT2D eigenvalue weighted by molar-refractivity contribution is 5.86. The summed E-state index contributed by atoms with van der Waals surface area (Å²) >= 11 is 0. The fourth-order valence-corrected chi connectivity index (χ4v) is 11.3. The van der Waals surface area contributed by atoms with E-state index in [0.717, 1.165) is 31.3 Å². The predicted octanol–water partition coefficient (Wildman–Crippen LogP) is 6.32. The van der Waals surface area contributed by atoms with Crippen LogP contribution in [-0.4, -0.2) is 28.2 Å². The molecule has 0 unspecified atom stereocenters. The molecule has 2 N–H and O–H groups in total. The van der Waals surface area contributed by atoms with Gasteiger partial charge in [-0.25, -0.2) is 0 Å². The lowest BCUT2D eigenvalue weighted by molar-refractivity contribution is -0.157. The van der Waals surface area contributed by atoms with Crippen LogP contribution in [0.3, 0.4) is 0 Å². The number of rotatable bonds is 4. The second-order valence-electron chi connectivity index (χ2n) is 14.5. The van der Waals surface area contributed by atoms with Crippen molar-refractivity contribution >= 4 is 5.78 Å². The van der Waals surface area contributed by atoms with Gasteiger partial charge >= 0.3 is 0 Å². The molecule has 0 aromatic carbocycles. The first kappa shape index (κ1) is 24.0. The summed E-state index contributed by atoms with van der Waals surface area (Å²) in [5, 5.41) is 22.1. The van der Waals surface area contributed by atoms with Crippen molar-refractivity contribution in [2.75, 3.05) is 0 Å². The highest BCUT2D eigenvalue weighted by Crippen LogP contribution is 2.88. The number of aliphatic hydroxyl groups is 2. The Hall–Kier alpha value is -0.670. The van der Waals surface area contributed by atoms with E-state index in [1.807, 2.05) is 19.9 Å². The van der Waals surface area contributed by atoms with E-state index < -0.39 is 6.10 Å². The van der Waals surface area contributed by atoms with E-state index in [1.165, 1.54) is 32.1 Å². The van der Waals surface area contributed by atoms with Crippen molar-refractivity contribution in [1.29, 1.82) is 0 Å². The normalized spacial score (nSPS) is 51.5. The van der Waals surface area contributed by atoms with Crippen LogP contribution < -0.4 is 0 Å². The number of Topliss-reactive ketones (excluding diaryl/α,β-unsaturated/α-hetero) is 1. The molecule has 0 aromatic rings. The molecule has 0 aromatic heterocycles. The molecular weight excluding hydrogens is 408 g/mol. The summed E-state index contributed by atoms with van der Waals surface area (Å²) < 4.78 is 0. The molecule has 0 saturated heterocycles. The van der Waals surface area contributed by atoms with Crippen molar-refractivity contribution in [2.45, 2.75) is 118 Å². The second-order valence-corrected chi connectivity index (χ2v) is 14.5. The maximum Gasteiger partial charge on any atom is 0.138 e. The molecule has 33 heavy (non-hydrogen) atoms. The molecule has 3 nitrogen and oxygen atoms in total. The molecule has 0 bridgehead atoms. The van der Waals surface area contributed by atoms with E-state index in [-0.39, 0.29) is 28.3 Å². The Kier molecular flexibility index (Phi) is 5.24. The molecule has 3 heteroatoms. The number of allylic oxidation sites excluding steroid dienone is 1. The molecular formula is C30H48O3. The Morgan fingerprint density at radius 2 is 1.67 bits per heavy atom. The lowest BCUT2D eigenvalue weighted by atomic mass is 9.42. The lowest BCUT2D eigenvalue weighted by Crippen LogP contribution is -2.57. The first-order valence-corrected chi connectivity index (χ1v) is 13.8. The first-order valence-electron chi connectivity index (χ1n) is 13.8. The van der Waals surface area contributed by atoms with Crippen LogP contribution in [0.5, 0.6) is 0 Å². The number of aliphatic hydroxyl groups excluding tert-OH is 2. The third-order valence-corrected chi connectivity index (χ3v) is 12.7. The average Bonchev–Trinajstić information content (AvgIpc) is 3.30. The Labute approximate surface area is 201 Å². The minimum atomic E-state index is -0.424. The predicted molar refractivity (Wildman–Crippen MR) is 132 cm³/mol. The number of carbonyl (C=O) groups is 1. The average molecular weight is 457 g/mol. The van der Waals surface area contributed by atoms with Gasteiger partial charge in [0.15, 0.2) is 0 Å². The number of hydrogen-bond donors (Lipinski definition) is 2. The Balaban J connectivity index is 1.45. The van der Waals surface area contributed by atoms with Gasteiger partial charge in [0, 0.05) is 11.8 Å². The lowest BCUT2D eigenvalue weighted by Gasteiger charge is -2.62. The van der Waals surface area contributed by atoms with Crippen molar-refractivity contribution in [1.82, 2.24) is 0 Å². The Morgan fingerprint density at radius 1 is 1.03 bits per heavy atom. The molecule has 5 aliphatic rings. The monoisotopic (exact) mass is 456 g/mol. The highest BCUT2D eigenvalue weighted by atomic mass is 16.3. The van der Waals surface area contributed by atoms with Gasteiger partial charge in [-0.15, -0.1) is 0 Å². The zero-order valence-corrected chi connectivity index (χ0v) is 22.2. The van der Waals surface area contributed by atoms with E-state index in [0.29, 0.717) is 34.4 Å². The van der Waals surface area contributed by atoms with Gasteiger partial charge in [0.1, 0.15) is 5.78 Å². The van der Waals surface area contributed by atoms with E-state index in [2.05, 4.69) is 34.6 Å². The maximum atomic E-state index is 12.8. The number of fused-ring (bicyclic) bond motifs is 2. The van der Waals surface area contributed by atoms with Gasteiger partial charge in [-0.05, 0) is 111 Å². The quantitative estimate of drug-likeness (QED) is 0.487. The number of carbonyl (C=O) groups excluding carboxylic acids is 1. The summed E-state index contributed by atoms with van der Waals surface area (Å²) in [4.78, 5) is 12.8. The molecule has 0 amide bonds. The van der Waals surface area contributed by atoms with Crippen LogP contribution in [0.1, 0.15) is 106 Å². The summed E-state index contributed by atoms with van der Waals surface area (Å²) in [6, 6.07) is 0. The molecule has 0 heterocycles. The Morgan fingerprint density at radius 3 is 2.33 bits per heavy atom. The molecule has 5 saturated carbocycles. The summed E-state index contributed by atoms with van der Waals surface area (Å²) in [6.07, 6.45) is 11.0. The zero-order valence-electron chi connectivity index (χ0n) is 22.2. The van der Waals surface area contributed by atoms with Gasteiger partial charge in [-0.2, -0.15) is 0 Å². The van der Waals surface area contributed by atoms with Crippen LogP contribution in [0, 0.1) is 50.7 Å². The molecule has 0 aliphatic heterocycles. The third-order valence-electron chi connectivity index (χ3n) is 12.7. The molecule has 0 radical (unpaired) electrons. The zero-order chi connectivity index (χ0) is 24.2. The van der Waals surface area contributed by atoms with Gasteiger partial charge in [0.2, 0.25) is 0 Å². The van der Waals surface area contributed by atoms with Crippen molar-refractivity contribution in [3.8, 4) is 0 Å². The van der Waals surface area contributed by atoms with Crippen molar-refractivity contribution in [2.24, 2.45) is 50.7 Å². The Bertz CT molecular complexity index is 870. The molecule has 10 atom stereocenters. The maximum absolute atomic E-state index is 12.8. The van der Waals surface area contributed by atoms with Crippen molar-refractivity contribution < 1.29 is 15.0 Å². The highest BCUT2D eigenvalue weighted by Gasteiger charge is 2.82. The van der Waals surface area contributed by atoms with E-state index in [9.17, 15) is 15.0 Å². The van der Waals surface area contributed by atoms with Gasteiger partial charge < -0.3 is 10.2 Å². The van der Waals surface area contributed by atoms with Crippen LogP contribution in [-0.2, 0) is 4.79 Å². The van der Waals surface area contributed by atoms with E-state index >= 15 is 0 Å². The summed E-state index contributed by atoms with van der Waals surface area (Å²) in [5.74, 6) is 2.25. The van der Waals surface area contributed by atoms with Crippen molar-refractivity contribution in [3.05, 3.63) is 11.6 Å². The fraction of sp³-hybridized carbons (Fsp3) is 0.900. The molecule has 5 aliphatic carbocycles. The van der Waals surface area contributed by atoms with Gasteiger partial charge in [-0.1, -0.05) is 46.3 Å². The van der Waals surface area contributed by atoms with Crippen LogP contribution in [0.2, 0.25) is 0 Å². The molecule has 186 valence electrons. The number of hydrogen-bond acceptors (Lipinski definition) is 3. The van der Waals surface area contributed by atoms with E-state index in [4.69, 9.17) is 0 Å². The van der Waals surface area contributed by atoms with Crippen LogP contribution in [0.15, 0.2) is 11.6 Å². The van der Waals surface area contributed by atoms with Gasteiger partial charge in [-0.3, -0.25) is 4.79 Å². The van der Waals surface area contributed by atoms with Gasteiger partial charge in [0.25, 0.3) is 0 Å². The van der Waals surface area contributed by atoms with Gasteiger partial charge in [0.05, 0.1) is 12.2 Å². The SMILES string of the molecule is CC(C)=C[C@H](O)C[C@@H](C)[C@H]1[C@@H](O)C[C@@]2(C)[C@@H]3CC[C@H]4C(C)(C)C(=O)CC[C@@]45C[C@@]35CC[C@]12C.